The van der Waals surface area contributed by atoms with Gasteiger partial charge in [0.1, 0.15) is 25.6 Å². The molecule has 2 N–H and O–H groups in total. The highest BCUT2D eigenvalue weighted by molar-refractivity contribution is 7.53. The normalized spacial score (nSPS) is 11.9. The first-order valence-corrected chi connectivity index (χ1v) is 10.8. The number of nitrogens with zero attached hydrogens (tertiary/aromatic N) is 4. The van der Waals surface area contributed by atoms with Crippen molar-refractivity contribution < 1.29 is 23.2 Å². The third kappa shape index (κ3) is 6.73. The number of hydrogen-bond donors (Lipinski definition) is 1. The van der Waals surface area contributed by atoms with Gasteiger partial charge in [-0.05, 0) is 12.8 Å². The molecule has 0 spiro atoms. The molecule has 152 valence electrons. The van der Waals surface area contributed by atoms with Gasteiger partial charge in [0.25, 0.3) is 0 Å². The average Bonchev–Trinajstić information content (AvgIpc) is 3.07. The number of imidazole rings is 1. The summed E-state index contributed by atoms with van der Waals surface area (Å²) in [5.41, 5.74) is 6.67. The van der Waals surface area contributed by atoms with Gasteiger partial charge in [0, 0.05) is 0 Å². The third-order valence-corrected chi connectivity index (χ3v) is 5.26. The molecule has 0 aromatic carbocycles. The van der Waals surface area contributed by atoms with Crippen LogP contribution in [0, 0.1) is 0 Å². The highest BCUT2D eigenvalue weighted by Crippen LogP contribution is 2.48. The molecule has 10 nitrogen and oxygen atoms in total. The molecule has 2 rings (SSSR count). The summed E-state index contributed by atoms with van der Waals surface area (Å²) in [4.78, 5) is 17.6. The van der Waals surface area contributed by atoms with E-state index in [2.05, 4.69) is 15.0 Å². The van der Waals surface area contributed by atoms with Crippen LogP contribution in [0.4, 0.5) is 5.82 Å². The predicted molar refractivity (Wildman–Crippen MR) is 101 cm³/mol. The van der Waals surface area contributed by atoms with Crippen LogP contribution in [0.1, 0.15) is 39.5 Å². The molecule has 0 fully saturated rings. The van der Waals surface area contributed by atoms with Crippen LogP contribution in [-0.4, -0.2) is 52.5 Å². The van der Waals surface area contributed by atoms with Crippen molar-refractivity contribution in [3.63, 3.8) is 0 Å². The van der Waals surface area contributed by atoms with Gasteiger partial charge in [-0.2, -0.15) is 4.73 Å². The Labute approximate surface area is 158 Å². The number of anilines is 1. The molecule has 0 unspecified atom stereocenters. The van der Waals surface area contributed by atoms with E-state index in [1.165, 1.54) is 17.4 Å². The van der Waals surface area contributed by atoms with Crippen molar-refractivity contribution in [3.8, 4) is 0 Å². The van der Waals surface area contributed by atoms with Crippen molar-refractivity contribution in [1.29, 1.82) is 0 Å². The van der Waals surface area contributed by atoms with Crippen LogP contribution < -0.4 is 10.6 Å². The van der Waals surface area contributed by atoms with Crippen molar-refractivity contribution >= 4 is 24.6 Å². The van der Waals surface area contributed by atoms with Crippen molar-refractivity contribution in [2.24, 2.45) is 0 Å². The molecule has 2 aromatic rings. The summed E-state index contributed by atoms with van der Waals surface area (Å²) in [7, 11) is -3.26. The van der Waals surface area contributed by atoms with Crippen LogP contribution in [-0.2, 0) is 18.3 Å². The number of rotatable bonds is 14. The number of nitrogens with two attached hydrogens (primary N) is 1. The minimum absolute atomic E-state index is 0.108. The molecular formula is C16H28N5O5P. The number of fused-ring (bicyclic) bond motifs is 1. The summed E-state index contributed by atoms with van der Waals surface area (Å²) >= 11 is 0. The number of ether oxygens (including phenoxy) is 1. The van der Waals surface area contributed by atoms with E-state index in [-0.39, 0.29) is 25.4 Å². The molecule has 0 amide bonds. The molecular weight excluding hydrogens is 373 g/mol. The average molecular weight is 401 g/mol. The molecule has 27 heavy (non-hydrogen) atoms. The zero-order chi connectivity index (χ0) is 19.5. The minimum atomic E-state index is -3.26. The van der Waals surface area contributed by atoms with Crippen molar-refractivity contribution in [2.75, 3.05) is 38.5 Å². The van der Waals surface area contributed by atoms with E-state index in [4.69, 9.17) is 24.4 Å². The Morgan fingerprint density at radius 3 is 2.41 bits per heavy atom. The van der Waals surface area contributed by atoms with Crippen LogP contribution in [0.2, 0.25) is 0 Å². The van der Waals surface area contributed by atoms with E-state index in [1.54, 1.807) is 0 Å². The van der Waals surface area contributed by atoms with Gasteiger partial charge in [-0.25, -0.2) is 15.0 Å². The second-order valence-electron chi connectivity index (χ2n) is 5.86. The van der Waals surface area contributed by atoms with Gasteiger partial charge in [0.2, 0.25) is 5.65 Å². The monoisotopic (exact) mass is 401 g/mol. The van der Waals surface area contributed by atoms with Crippen molar-refractivity contribution in [1.82, 2.24) is 19.7 Å². The van der Waals surface area contributed by atoms with Crippen molar-refractivity contribution in [3.05, 3.63) is 12.7 Å². The zero-order valence-corrected chi connectivity index (χ0v) is 16.8. The Morgan fingerprint density at radius 2 is 1.74 bits per heavy atom. The van der Waals surface area contributed by atoms with Crippen molar-refractivity contribution in [2.45, 2.75) is 39.5 Å². The maximum atomic E-state index is 12.7. The predicted octanol–water partition coefficient (Wildman–Crippen LogP) is 2.64. The Bertz CT molecular complexity index is 727. The third-order valence-electron chi connectivity index (χ3n) is 3.61. The van der Waals surface area contributed by atoms with Crippen LogP contribution >= 0.6 is 7.60 Å². The largest absolute Gasteiger partial charge is 0.408 e. The number of hydrogen-bond acceptors (Lipinski definition) is 9. The topological polar surface area (TPSA) is 124 Å². The Balaban J connectivity index is 1.78. The highest BCUT2D eigenvalue weighted by Gasteiger charge is 2.24. The van der Waals surface area contributed by atoms with E-state index in [9.17, 15) is 4.57 Å². The lowest BCUT2D eigenvalue weighted by molar-refractivity contribution is 0.0481. The summed E-state index contributed by atoms with van der Waals surface area (Å²) in [6.07, 6.45) is 6.25. The first-order valence-electron chi connectivity index (χ1n) is 9.12. The lowest BCUT2D eigenvalue weighted by Gasteiger charge is -2.18. The fourth-order valence-electron chi connectivity index (χ4n) is 2.11. The molecule has 0 radical (unpaired) electrons. The van der Waals surface area contributed by atoms with E-state index in [0.29, 0.717) is 24.4 Å². The summed E-state index contributed by atoms with van der Waals surface area (Å²) in [6.45, 7) is 5.28. The first kappa shape index (κ1) is 21.6. The molecule has 0 saturated heterocycles. The molecule has 0 aliphatic rings. The lowest BCUT2D eigenvalue weighted by atomic mass is 10.4. The number of aromatic nitrogens is 4. The van der Waals surface area contributed by atoms with Crippen LogP contribution in [0.15, 0.2) is 12.7 Å². The Kier molecular flexibility index (Phi) is 8.93. The van der Waals surface area contributed by atoms with Gasteiger partial charge >= 0.3 is 7.60 Å². The summed E-state index contributed by atoms with van der Waals surface area (Å²) in [6, 6.07) is 0. The van der Waals surface area contributed by atoms with Gasteiger partial charge in [-0.3, -0.25) is 4.57 Å². The smallest absolute Gasteiger partial charge is 0.356 e. The first-order chi connectivity index (χ1) is 13.1. The Morgan fingerprint density at radius 1 is 1.04 bits per heavy atom. The fourth-order valence-corrected chi connectivity index (χ4v) is 3.50. The molecule has 0 saturated carbocycles. The van der Waals surface area contributed by atoms with Crippen LogP contribution in [0.5, 0.6) is 0 Å². The lowest BCUT2D eigenvalue weighted by Crippen LogP contribution is -2.17. The van der Waals surface area contributed by atoms with Gasteiger partial charge in [-0.15, -0.1) is 0 Å². The summed E-state index contributed by atoms with van der Waals surface area (Å²) in [5, 5.41) is 0. The molecule has 0 aliphatic heterocycles. The highest BCUT2D eigenvalue weighted by atomic mass is 31.2. The maximum absolute atomic E-state index is 12.7. The van der Waals surface area contributed by atoms with Crippen LogP contribution in [0.25, 0.3) is 11.2 Å². The number of unbranched alkanes of at least 4 members (excludes halogenated alkanes) is 2. The fraction of sp³-hybridized carbons (Fsp3) is 0.688. The second kappa shape index (κ2) is 11.2. The SMILES string of the molecule is CCCCOP(=O)(COCCOn1cnc2c(N)ncnc21)OCCCC. The quantitative estimate of drug-likeness (QED) is 0.376. The van der Waals surface area contributed by atoms with Crippen LogP contribution in [0.3, 0.4) is 0 Å². The zero-order valence-electron chi connectivity index (χ0n) is 15.9. The second-order valence-corrected chi connectivity index (χ2v) is 7.85. The van der Waals surface area contributed by atoms with Gasteiger partial charge in [-0.1, -0.05) is 26.7 Å². The standard InChI is InChI=1S/C16H28N5O5P/c1-3-5-7-25-27(22,26-8-6-4-2)13-23-9-10-24-21-12-20-14-15(17)18-11-19-16(14)21/h11-12H,3-10,13H2,1-2H3,(H2,17,18,19). The van der Waals surface area contributed by atoms with E-state index in [0.717, 1.165) is 25.7 Å². The molecule has 0 aliphatic carbocycles. The van der Waals surface area contributed by atoms with E-state index < -0.39 is 7.60 Å². The minimum Gasteiger partial charge on any atom is -0.408 e. The maximum Gasteiger partial charge on any atom is 0.356 e. The number of nitrogen functional groups attached to an aromatic ring is 1. The van der Waals surface area contributed by atoms with Gasteiger partial charge in [0.15, 0.2) is 11.3 Å². The summed E-state index contributed by atoms with van der Waals surface area (Å²) < 4.78 is 30.5. The Hall–Kier alpha value is -1.74. The molecule has 2 heterocycles. The van der Waals surface area contributed by atoms with E-state index in [1.807, 2.05) is 13.8 Å². The molecule has 11 heteroatoms. The van der Waals surface area contributed by atoms with E-state index >= 15 is 0 Å². The summed E-state index contributed by atoms with van der Waals surface area (Å²) in [5.74, 6) is 0.285. The molecule has 2 aromatic heterocycles. The van der Waals surface area contributed by atoms with Gasteiger partial charge < -0.3 is 24.4 Å². The molecule has 0 atom stereocenters. The molecule has 0 bridgehead atoms. The van der Waals surface area contributed by atoms with Gasteiger partial charge in [0.05, 0.1) is 19.8 Å².